The zero-order valence-electron chi connectivity index (χ0n) is 10.0. The quantitative estimate of drug-likeness (QED) is 0.241. The first-order valence-electron chi connectivity index (χ1n) is 5.91. The summed E-state index contributed by atoms with van der Waals surface area (Å²) in [4.78, 5) is 23.5. The molecule has 2 unspecified atom stereocenters. The number of fused-ring (bicyclic) bond motifs is 1. The molecule has 0 radical (unpaired) electrons. The number of carbonyl (C=O) groups excluding carboxylic acids is 2. The van der Waals surface area contributed by atoms with Crippen molar-refractivity contribution in [1.29, 1.82) is 0 Å². The van der Waals surface area contributed by atoms with Crippen molar-refractivity contribution >= 4 is 11.9 Å². The number of ether oxygens (including phenoxy) is 3. The van der Waals surface area contributed by atoms with E-state index in [9.17, 15) is 9.59 Å². The van der Waals surface area contributed by atoms with Gasteiger partial charge in [0.2, 0.25) is 0 Å². The SMILES string of the molecule is CCOC(=O)C(C(=O)OCC)=C1CCC2OC12. The Balaban J connectivity index is 2.23. The molecule has 2 fully saturated rings. The second-order valence-electron chi connectivity index (χ2n) is 3.97. The van der Waals surface area contributed by atoms with E-state index in [0.29, 0.717) is 6.42 Å². The maximum Gasteiger partial charge on any atom is 0.345 e. The average molecular weight is 240 g/mol. The van der Waals surface area contributed by atoms with Crippen molar-refractivity contribution in [2.24, 2.45) is 0 Å². The molecule has 5 heteroatoms. The van der Waals surface area contributed by atoms with E-state index in [1.165, 1.54) is 0 Å². The molecule has 17 heavy (non-hydrogen) atoms. The highest BCUT2D eigenvalue weighted by Gasteiger charge is 2.50. The monoisotopic (exact) mass is 240 g/mol. The fraction of sp³-hybridized carbons (Fsp3) is 0.667. The molecule has 0 aromatic heterocycles. The van der Waals surface area contributed by atoms with E-state index < -0.39 is 11.9 Å². The van der Waals surface area contributed by atoms with E-state index in [2.05, 4.69) is 0 Å². The minimum absolute atomic E-state index is 0.0405. The zero-order valence-corrected chi connectivity index (χ0v) is 10.0. The molecule has 0 N–H and O–H groups in total. The van der Waals surface area contributed by atoms with Gasteiger partial charge in [-0.15, -0.1) is 0 Å². The first-order valence-corrected chi connectivity index (χ1v) is 5.91. The van der Waals surface area contributed by atoms with Crippen molar-refractivity contribution in [3.05, 3.63) is 11.1 Å². The smallest absolute Gasteiger partial charge is 0.345 e. The maximum absolute atomic E-state index is 11.8. The van der Waals surface area contributed by atoms with Crippen LogP contribution in [0.5, 0.6) is 0 Å². The van der Waals surface area contributed by atoms with Crippen LogP contribution in [0.4, 0.5) is 0 Å². The van der Waals surface area contributed by atoms with Gasteiger partial charge in [0, 0.05) is 0 Å². The summed E-state index contributed by atoms with van der Waals surface area (Å²) in [7, 11) is 0. The molecule has 0 amide bonds. The van der Waals surface area contributed by atoms with Gasteiger partial charge in [0.1, 0.15) is 11.7 Å². The summed E-state index contributed by atoms with van der Waals surface area (Å²) in [6.07, 6.45) is 1.69. The molecule has 1 aliphatic carbocycles. The van der Waals surface area contributed by atoms with Gasteiger partial charge in [0.15, 0.2) is 0 Å². The minimum Gasteiger partial charge on any atom is -0.462 e. The first-order chi connectivity index (χ1) is 8.19. The molecule has 2 rings (SSSR count). The molecular weight excluding hydrogens is 224 g/mol. The highest BCUT2D eigenvalue weighted by molar-refractivity contribution is 6.15. The van der Waals surface area contributed by atoms with Crippen molar-refractivity contribution in [3.63, 3.8) is 0 Å². The van der Waals surface area contributed by atoms with Gasteiger partial charge < -0.3 is 14.2 Å². The minimum atomic E-state index is -0.600. The van der Waals surface area contributed by atoms with Gasteiger partial charge in [-0.3, -0.25) is 0 Å². The Morgan fingerprint density at radius 1 is 1.24 bits per heavy atom. The van der Waals surface area contributed by atoms with Crippen LogP contribution in [0.1, 0.15) is 26.7 Å². The van der Waals surface area contributed by atoms with Crippen LogP contribution in [0.2, 0.25) is 0 Å². The lowest BCUT2D eigenvalue weighted by atomic mass is 10.1. The normalized spacial score (nSPS) is 25.2. The lowest BCUT2D eigenvalue weighted by Crippen LogP contribution is -2.21. The Morgan fingerprint density at radius 2 is 1.82 bits per heavy atom. The summed E-state index contributed by atoms with van der Waals surface area (Å²) in [6, 6.07) is 0. The number of rotatable bonds is 4. The second kappa shape index (κ2) is 4.87. The molecule has 0 aromatic rings. The summed E-state index contributed by atoms with van der Waals surface area (Å²) >= 11 is 0. The summed E-state index contributed by atoms with van der Waals surface area (Å²) < 4.78 is 15.1. The zero-order chi connectivity index (χ0) is 12.4. The molecule has 1 heterocycles. The summed E-state index contributed by atoms with van der Waals surface area (Å²) in [5, 5.41) is 0. The third-order valence-electron chi connectivity index (χ3n) is 2.90. The van der Waals surface area contributed by atoms with E-state index >= 15 is 0 Å². The molecular formula is C12H16O5. The summed E-state index contributed by atoms with van der Waals surface area (Å²) in [5.74, 6) is -1.20. The Bertz CT molecular complexity index is 351. The average Bonchev–Trinajstić information content (AvgIpc) is 2.95. The first kappa shape index (κ1) is 12.1. The van der Waals surface area contributed by atoms with Gasteiger partial charge in [-0.25, -0.2) is 9.59 Å². The Labute approximate surface area is 99.7 Å². The molecule has 1 saturated carbocycles. The van der Waals surface area contributed by atoms with Gasteiger partial charge in [-0.1, -0.05) is 0 Å². The number of epoxide rings is 1. The van der Waals surface area contributed by atoms with Crippen LogP contribution in [-0.2, 0) is 23.8 Å². The lowest BCUT2D eigenvalue weighted by Gasteiger charge is -2.10. The van der Waals surface area contributed by atoms with Crippen molar-refractivity contribution in [1.82, 2.24) is 0 Å². The van der Waals surface area contributed by atoms with Gasteiger partial charge in [0.05, 0.1) is 19.3 Å². The van der Waals surface area contributed by atoms with Gasteiger partial charge >= 0.3 is 11.9 Å². The molecule has 94 valence electrons. The van der Waals surface area contributed by atoms with Crippen molar-refractivity contribution in [2.75, 3.05) is 13.2 Å². The van der Waals surface area contributed by atoms with Crippen LogP contribution < -0.4 is 0 Å². The predicted octanol–water partition coefficient (Wildman–Crippen LogP) is 0.970. The number of carbonyl (C=O) groups is 2. The van der Waals surface area contributed by atoms with Crippen LogP contribution in [0.3, 0.4) is 0 Å². The Kier molecular flexibility index (Phi) is 3.47. The largest absolute Gasteiger partial charge is 0.462 e. The van der Waals surface area contributed by atoms with Crippen molar-refractivity contribution in [3.8, 4) is 0 Å². The highest BCUT2D eigenvalue weighted by atomic mass is 16.6. The predicted molar refractivity (Wildman–Crippen MR) is 58.2 cm³/mol. The molecule has 5 nitrogen and oxygen atoms in total. The molecule has 1 saturated heterocycles. The molecule has 0 aromatic carbocycles. The van der Waals surface area contributed by atoms with Crippen LogP contribution in [0, 0.1) is 0 Å². The van der Waals surface area contributed by atoms with E-state index in [4.69, 9.17) is 14.2 Å². The van der Waals surface area contributed by atoms with Gasteiger partial charge in [0.25, 0.3) is 0 Å². The third-order valence-corrected chi connectivity index (χ3v) is 2.90. The van der Waals surface area contributed by atoms with E-state index in [1.54, 1.807) is 13.8 Å². The second-order valence-corrected chi connectivity index (χ2v) is 3.97. The van der Waals surface area contributed by atoms with Crippen molar-refractivity contribution < 1.29 is 23.8 Å². The van der Waals surface area contributed by atoms with Crippen molar-refractivity contribution in [2.45, 2.75) is 38.9 Å². The number of hydrogen-bond acceptors (Lipinski definition) is 5. The topological polar surface area (TPSA) is 65.1 Å². The molecule has 0 bridgehead atoms. The molecule has 2 atom stereocenters. The van der Waals surface area contributed by atoms with Crippen LogP contribution >= 0.6 is 0 Å². The Hall–Kier alpha value is -1.36. The van der Waals surface area contributed by atoms with E-state index in [1.807, 2.05) is 0 Å². The van der Waals surface area contributed by atoms with Gasteiger partial charge in [-0.05, 0) is 32.3 Å². The maximum atomic E-state index is 11.8. The van der Waals surface area contributed by atoms with Crippen LogP contribution in [0.15, 0.2) is 11.1 Å². The molecule has 1 aliphatic heterocycles. The highest BCUT2D eigenvalue weighted by Crippen LogP contribution is 2.44. The standard InChI is InChI=1S/C12H16O5/c1-3-15-11(13)9(12(14)16-4-2)7-5-6-8-10(7)17-8/h8,10H,3-6H2,1-2H3. The fourth-order valence-corrected chi connectivity index (χ4v) is 2.13. The summed E-state index contributed by atoms with van der Waals surface area (Å²) in [6.45, 7) is 3.89. The molecule has 0 spiro atoms. The van der Waals surface area contributed by atoms with E-state index in [0.717, 1.165) is 12.0 Å². The third kappa shape index (κ3) is 2.34. The lowest BCUT2D eigenvalue weighted by molar-refractivity contribution is -0.146. The number of hydrogen-bond donors (Lipinski definition) is 0. The fourth-order valence-electron chi connectivity index (χ4n) is 2.13. The van der Waals surface area contributed by atoms with Gasteiger partial charge in [-0.2, -0.15) is 0 Å². The van der Waals surface area contributed by atoms with E-state index in [-0.39, 0.29) is 31.0 Å². The number of esters is 2. The van der Waals surface area contributed by atoms with Crippen LogP contribution in [0.25, 0.3) is 0 Å². The summed E-state index contributed by atoms with van der Waals surface area (Å²) in [5.41, 5.74) is 0.783. The Morgan fingerprint density at radius 3 is 2.18 bits per heavy atom. The molecule has 2 aliphatic rings. The van der Waals surface area contributed by atoms with Crippen LogP contribution in [-0.4, -0.2) is 37.4 Å².